The number of carbonyl (C=O) groups excluding carboxylic acids is 3. The first kappa shape index (κ1) is 16.9. The number of amides is 3. The zero-order valence-electron chi connectivity index (χ0n) is 12.9. The molecular weight excluding hydrogens is 343 g/mol. The Morgan fingerprint density at radius 1 is 1.08 bits per heavy atom. The monoisotopic (exact) mass is 356 g/mol. The van der Waals surface area contributed by atoms with Gasteiger partial charge in [0.1, 0.15) is 5.82 Å². The topological polar surface area (TPSA) is 75.3 Å². The minimum atomic E-state index is -0.420. The van der Waals surface area contributed by atoms with E-state index < -0.39 is 11.1 Å². The van der Waals surface area contributed by atoms with Crippen LogP contribution in [-0.2, 0) is 11.3 Å². The van der Waals surface area contributed by atoms with E-state index in [4.69, 9.17) is 0 Å². The van der Waals surface area contributed by atoms with Crippen LogP contribution in [0.3, 0.4) is 0 Å². The van der Waals surface area contributed by atoms with Gasteiger partial charge in [-0.25, -0.2) is 4.39 Å². The molecule has 1 aliphatic heterocycles. The molecule has 3 rings (SSSR count). The van der Waals surface area contributed by atoms with E-state index in [1.807, 2.05) is 0 Å². The molecule has 0 atom stereocenters. The molecule has 0 spiro atoms. The van der Waals surface area contributed by atoms with Gasteiger partial charge in [0.25, 0.3) is 17.1 Å². The summed E-state index contributed by atoms with van der Waals surface area (Å²) in [6.07, 6.45) is 1.59. The lowest BCUT2D eigenvalue weighted by molar-refractivity contribution is -0.115. The van der Waals surface area contributed by atoms with Crippen molar-refractivity contribution in [2.24, 2.45) is 0 Å². The van der Waals surface area contributed by atoms with E-state index in [0.29, 0.717) is 22.6 Å². The van der Waals surface area contributed by atoms with Crippen LogP contribution < -0.4 is 10.6 Å². The maximum atomic E-state index is 12.8. The molecule has 7 heteroatoms. The van der Waals surface area contributed by atoms with Crippen molar-refractivity contribution in [1.29, 1.82) is 0 Å². The molecule has 2 aromatic rings. The van der Waals surface area contributed by atoms with Gasteiger partial charge >= 0.3 is 0 Å². The molecule has 1 heterocycles. The second-order valence-electron chi connectivity index (χ2n) is 5.28. The van der Waals surface area contributed by atoms with Gasteiger partial charge in [0.05, 0.1) is 4.91 Å². The van der Waals surface area contributed by atoms with E-state index in [1.54, 1.807) is 42.5 Å². The van der Waals surface area contributed by atoms with Gasteiger partial charge in [-0.2, -0.15) is 0 Å². The van der Waals surface area contributed by atoms with Gasteiger partial charge in [-0.05, 0) is 53.2 Å². The summed E-state index contributed by atoms with van der Waals surface area (Å²) in [5, 5.41) is 4.54. The average Bonchev–Trinajstić information content (AvgIpc) is 2.92. The Labute approximate surface area is 147 Å². The van der Waals surface area contributed by atoms with Crippen molar-refractivity contribution in [2.75, 3.05) is 0 Å². The first-order valence-electron chi connectivity index (χ1n) is 7.39. The van der Waals surface area contributed by atoms with Crippen LogP contribution in [0.4, 0.5) is 9.18 Å². The lowest BCUT2D eigenvalue weighted by Crippen LogP contribution is -2.22. The van der Waals surface area contributed by atoms with Crippen molar-refractivity contribution in [1.82, 2.24) is 10.6 Å². The van der Waals surface area contributed by atoms with Crippen molar-refractivity contribution in [3.05, 3.63) is 75.9 Å². The molecule has 25 heavy (non-hydrogen) atoms. The third-order valence-electron chi connectivity index (χ3n) is 3.48. The van der Waals surface area contributed by atoms with Crippen LogP contribution in [0.5, 0.6) is 0 Å². The van der Waals surface area contributed by atoms with Gasteiger partial charge in [-0.1, -0.05) is 24.3 Å². The predicted octanol–water partition coefficient (Wildman–Crippen LogP) is 3.08. The molecule has 3 amide bonds. The highest BCUT2D eigenvalue weighted by Gasteiger charge is 2.24. The number of rotatable bonds is 4. The van der Waals surface area contributed by atoms with Crippen molar-refractivity contribution >= 4 is 34.9 Å². The van der Waals surface area contributed by atoms with Crippen LogP contribution in [0.1, 0.15) is 21.5 Å². The Morgan fingerprint density at radius 3 is 2.36 bits per heavy atom. The predicted molar refractivity (Wildman–Crippen MR) is 93.1 cm³/mol. The molecule has 0 aliphatic carbocycles. The van der Waals surface area contributed by atoms with E-state index in [9.17, 15) is 18.8 Å². The number of nitrogens with one attached hydrogen (secondary N) is 2. The number of thioether (sulfide) groups is 1. The molecule has 1 aliphatic rings. The van der Waals surface area contributed by atoms with E-state index in [-0.39, 0.29) is 11.7 Å². The fourth-order valence-corrected chi connectivity index (χ4v) is 2.87. The minimum Gasteiger partial charge on any atom is -0.348 e. The summed E-state index contributed by atoms with van der Waals surface area (Å²) < 4.78 is 12.8. The summed E-state index contributed by atoms with van der Waals surface area (Å²) in [5.74, 6) is -1.00. The van der Waals surface area contributed by atoms with Crippen molar-refractivity contribution in [3.8, 4) is 0 Å². The molecule has 5 nitrogen and oxygen atoms in total. The number of benzene rings is 2. The quantitative estimate of drug-likeness (QED) is 0.826. The van der Waals surface area contributed by atoms with Crippen molar-refractivity contribution in [2.45, 2.75) is 6.54 Å². The molecule has 1 fully saturated rings. The Hall–Kier alpha value is -2.93. The highest BCUT2D eigenvalue weighted by molar-refractivity contribution is 8.18. The average molecular weight is 356 g/mol. The number of carbonyl (C=O) groups is 3. The summed E-state index contributed by atoms with van der Waals surface area (Å²) in [6.45, 7) is 0.295. The second-order valence-corrected chi connectivity index (χ2v) is 6.30. The van der Waals surface area contributed by atoms with Crippen LogP contribution in [-0.4, -0.2) is 17.1 Å². The lowest BCUT2D eigenvalue weighted by atomic mass is 10.1. The van der Waals surface area contributed by atoms with E-state index in [0.717, 1.165) is 17.3 Å². The highest BCUT2D eigenvalue weighted by atomic mass is 32.2. The van der Waals surface area contributed by atoms with Crippen LogP contribution in [0.2, 0.25) is 0 Å². The van der Waals surface area contributed by atoms with E-state index in [2.05, 4.69) is 10.6 Å². The Bertz CT molecular complexity index is 861. The Balaban J connectivity index is 1.62. The van der Waals surface area contributed by atoms with Crippen molar-refractivity contribution in [3.63, 3.8) is 0 Å². The highest BCUT2D eigenvalue weighted by Crippen LogP contribution is 2.25. The molecule has 0 radical (unpaired) electrons. The number of imide groups is 1. The van der Waals surface area contributed by atoms with Crippen molar-refractivity contribution < 1.29 is 18.8 Å². The summed E-state index contributed by atoms with van der Waals surface area (Å²) in [7, 11) is 0. The molecule has 0 saturated carbocycles. The number of hydrogen-bond acceptors (Lipinski definition) is 4. The summed E-state index contributed by atoms with van der Waals surface area (Å²) in [6, 6.07) is 12.5. The van der Waals surface area contributed by atoms with Gasteiger partial charge in [-0.3, -0.25) is 19.7 Å². The molecule has 126 valence electrons. The third kappa shape index (κ3) is 4.33. The van der Waals surface area contributed by atoms with Gasteiger partial charge in [0.2, 0.25) is 0 Å². The summed E-state index contributed by atoms with van der Waals surface area (Å²) >= 11 is 0.841. The molecule has 1 saturated heterocycles. The zero-order chi connectivity index (χ0) is 17.8. The Morgan fingerprint density at radius 2 is 1.76 bits per heavy atom. The molecule has 0 bridgehead atoms. The fourth-order valence-electron chi connectivity index (χ4n) is 2.19. The van der Waals surface area contributed by atoms with Gasteiger partial charge < -0.3 is 5.32 Å². The van der Waals surface area contributed by atoms with E-state index in [1.165, 1.54) is 12.1 Å². The summed E-state index contributed by atoms with van der Waals surface area (Å²) in [5.41, 5.74) is 1.97. The third-order valence-corrected chi connectivity index (χ3v) is 4.29. The normalized spacial score (nSPS) is 15.3. The fraction of sp³-hybridized carbons (Fsp3) is 0.0556. The zero-order valence-corrected chi connectivity index (χ0v) is 13.7. The molecule has 0 aromatic heterocycles. The lowest BCUT2D eigenvalue weighted by Gasteiger charge is -2.06. The van der Waals surface area contributed by atoms with Crippen LogP contribution >= 0.6 is 11.8 Å². The van der Waals surface area contributed by atoms with Crippen LogP contribution in [0.15, 0.2) is 53.4 Å². The maximum Gasteiger partial charge on any atom is 0.290 e. The van der Waals surface area contributed by atoms with Gasteiger partial charge in [-0.15, -0.1) is 0 Å². The maximum absolute atomic E-state index is 12.8. The number of halogens is 1. The van der Waals surface area contributed by atoms with E-state index >= 15 is 0 Å². The first-order valence-corrected chi connectivity index (χ1v) is 8.20. The number of hydrogen-bond donors (Lipinski definition) is 2. The van der Waals surface area contributed by atoms with Crippen LogP contribution in [0.25, 0.3) is 6.08 Å². The molecule has 0 unspecified atom stereocenters. The van der Waals surface area contributed by atoms with Gasteiger partial charge in [0.15, 0.2) is 0 Å². The van der Waals surface area contributed by atoms with Crippen LogP contribution in [0, 0.1) is 5.82 Å². The Kier molecular flexibility index (Phi) is 4.95. The minimum absolute atomic E-state index is 0.258. The molecule has 2 aromatic carbocycles. The smallest absolute Gasteiger partial charge is 0.290 e. The van der Waals surface area contributed by atoms with Gasteiger partial charge in [0, 0.05) is 12.1 Å². The molecular formula is C18H13FN2O3S. The molecule has 2 N–H and O–H groups in total. The summed E-state index contributed by atoms with van der Waals surface area (Å²) in [4.78, 5) is 35.1. The second kappa shape index (κ2) is 7.31. The SMILES string of the molecule is O=C1NC(=O)C(=Cc2ccc(C(=O)NCc3ccc(F)cc3)cc2)S1. The first-order chi connectivity index (χ1) is 12.0. The largest absolute Gasteiger partial charge is 0.348 e. The standard InChI is InChI=1S/C18H13FN2O3S/c19-14-7-3-12(4-8-14)10-20-16(22)13-5-1-11(2-6-13)9-15-17(23)21-18(24)25-15/h1-9H,10H2,(H,20,22)(H,21,23,24).